The van der Waals surface area contributed by atoms with Gasteiger partial charge in [-0.3, -0.25) is 4.98 Å². The van der Waals surface area contributed by atoms with Gasteiger partial charge in [-0.25, -0.2) is 0 Å². The Morgan fingerprint density at radius 2 is 2.25 bits per heavy atom. The van der Waals surface area contributed by atoms with Crippen LogP contribution in [0.1, 0.15) is 30.1 Å². The van der Waals surface area contributed by atoms with Crippen molar-refractivity contribution in [2.45, 2.75) is 25.3 Å². The average Bonchev–Trinajstić information content (AvgIpc) is 2.50. The lowest BCUT2D eigenvalue weighted by Gasteiger charge is -2.26. The molecule has 1 N–H and O–H groups in total. The summed E-state index contributed by atoms with van der Waals surface area (Å²) in [5.74, 6) is 0.854. The van der Waals surface area contributed by atoms with Crippen molar-refractivity contribution in [1.29, 1.82) is 0 Å². The van der Waals surface area contributed by atoms with E-state index in [-0.39, 0.29) is 6.04 Å². The van der Waals surface area contributed by atoms with Crippen LogP contribution in [-0.2, 0) is 6.42 Å². The molecule has 2 aromatic rings. The van der Waals surface area contributed by atoms with E-state index in [1.54, 1.807) is 7.11 Å². The third-order valence-electron chi connectivity index (χ3n) is 3.70. The monoisotopic (exact) mass is 332 g/mol. The van der Waals surface area contributed by atoms with Crippen LogP contribution in [0, 0.1) is 0 Å². The van der Waals surface area contributed by atoms with Crippen molar-refractivity contribution in [2.24, 2.45) is 0 Å². The molecule has 0 spiro atoms. The largest absolute Gasteiger partial charge is 0.497 e. The minimum Gasteiger partial charge on any atom is -0.497 e. The Hall–Kier alpha value is -1.55. The van der Waals surface area contributed by atoms with Crippen LogP contribution in [0.15, 0.2) is 41.0 Å². The highest BCUT2D eigenvalue weighted by molar-refractivity contribution is 9.10. The van der Waals surface area contributed by atoms with Crippen molar-refractivity contribution in [1.82, 2.24) is 4.98 Å². The lowest BCUT2D eigenvalue weighted by atomic mass is 9.92. The second kappa shape index (κ2) is 5.83. The number of nitrogens with one attached hydrogen (secondary N) is 1. The van der Waals surface area contributed by atoms with Crippen molar-refractivity contribution in [3.63, 3.8) is 0 Å². The molecule has 3 nitrogen and oxygen atoms in total. The van der Waals surface area contributed by atoms with Crippen molar-refractivity contribution >= 4 is 21.6 Å². The molecule has 0 radical (unpaired) electrons. The summed E-state index contributed by atoms with van der Waals surface area (Å²) in [5, 5.41) is 3.59. The van der Waals surface area contributed by atoms with Crippen LogP contribution in [-0.4, -0.2) is 12.1 Å². The Balaban J connectivity index is 1.89. The summed E-state index contributed by atoms with van der Waals surface area (Å²) in [6.45, 7) is 0. The third kappa shape index (κ3) is 2.66. The highest BCUT2D eigenvalue weighted by Gasteiger charge is 2.21. The van der Waals surface area contributed by atoms with Gasteiger partial charge in [0.1, 0.15) is 5.75 Å². The second-order valence-electron chi connectivity index (χ2n) is 4.98. The van der Waals surface area contributed by atoms with Gasteiger partial charge < -0.3 is 10.1 Å². The van der Waals surface area contributed by atoms with E-state index in [9.17, 15) is 0 Å². The Morgan fingerprint density at radius 3 is 3.10 bits per heavy atom. The number of hydrogen-bond donors (Lipinski definition) is 1. The number of aromatic nitrogens is 1. The van der Waals surface area contributed by atoms with Gasteiger partial charge in [0.25, 0.3) is 0 Å². The first-order chi connectivity index (χ1) is 9.78. The number of halogens is 1. The highest BCUT2D eigenvalue weighted by atomic mass is 79.9. The molecule has 0 fully saturated rings. The van der Waals surface area contributed by atoms with Gasteiger partial charge in [0.15, 0.2) is 0 Å². The molecule has 1 unspecified atom stereocenters. The lowest BCUT2D eigenvalue weighted by molar-refractivity contribution is 0.415. The van der Waals surface area contributed by atoms with Gasteiger partial charge in [0, 0.05) is 16.7 Å². The van der Waals surface area contributed by atoms with Crippen LogP contribution >= 0.6 is 15.9 Å². The molecule has 1 aromatic carbocycles. The standard InChI is InChI=1S/C16H17BrN2O/c1-20-12-7-8-13(17)15(10-12)19-14-6-2-4-11-5-3-9-18-16(11)14/h3,5,7-10,14,19H,2,4,6H2,1H3. The minimum absolute atomic E-state index is 0.267. The normalized spacial score (nSPS) is 17.4. The number of methoxy groups -OCH3 is 1. The van der Waals surface area contributed by atoms with E-state index in [0.29, 0.717) is 0 Å². The number of ether oxygens (including phenoxy) is 1. The summed E-state index contributed by atoms with van der Waals surface area (Å²) in [4.78, 5) is 4.56. The predicted molar refractivity (Wildman–Crippen MR) is 84.2 cm³/mol. The number of fused-ring (bicyclic) bond motifs is 1. The number of aryl methyl sites for hydroxylation is 1. The van der Waals surface area contributed by atoms with Crippen LogP contribution in [0.5, 0.6) is 5.75 Å². The van der Waals surface area contributed by atoms with Crippen molar-refractivity contribution in [3.05, 3.63) is 52.3 Å². The van der Waals surface area contributed by atoms with Crippen LogP contribution < -0.4 is 10.1 Å². The van der Waals surface area contributed by atoms with Gasteiger partial charge in [-0.15, -0.1) is 0 Å². The molecular weight excluding hydrogens is 316 g/mol. The number of anilines is 1. The summed E-state index contributed by atoms with van der Waals surface area (Å²) in [6.07, 6.45) is 5.30. The zero-order valence-electron chi connectivity index (χ0n) is 11.4. The molecule has 0 bridgehead atoms. The molecule has 0 saturated heterocycles. The molecule has 0 amide bonds. The fraction of sp³-hybridized carbons (Fsp3) is 0.312. The quantitative estimate of drug-likeness (QED) is 0.907. The Kier molecular flexibility index (Phi) is 3.92. The van der Waals surface area contributed by atoms with Gasteiger partial charge in [-0.2, -0.15) is 0 Å². The second-order valence-corrected chi connectivity index (χ2v) is 5.84. The number of benzene rings is 1. The predicted octanol–water partition coefficient (Wildman–Crippen LogP) is 4.34. The molecule has 0 saturated carbocycles. The third-order valence-corrected chi connectivity index (χ3v) is 4.39. The smallest absolute Gasteiger partial charge is 0.121 e. The molecule has 1 heterocycles. The fourth-order valence-electron chi connectivity index (χ4n) is 2.68. The van der Waals surface area contributed by atoms with Gasteiger partial charge in [-0.05, 0) is 59.0 Å². The molecule has 1 aliphatic carbocycles. The zero-order chi connectivity index (χ0) is 13.9. The van der Waals surface area contributed by atoms with Crippen LogP contribution in [0.25, 0.3) is 0 Å². The number of hydrogen-bond acceptors (Lipinski definition) is 3. The molecule has 1 aromatic heterocycles. The van der Waals surface area contributed by atoms with E-state index < -0.39 is 0 Å². The van der Waals surface area contributed by atoms with Crippen molar-refractivity contribution in [3.8, 4) is 5.75 Å². The summed E-state index contributed by atoms with van der Waals surface area (Å²) in [6, 6.07) is 10.4. The van der Waals surface area contributed by atoms with E-state index in [1.807, 2.05) is 30.5 Å². The first kappa shape index (κ1) is 13.4. The maximum atomic E-state index is 5.29. The number of rotatable bonds is 3. The molecule has 1 atom stereocenters. The molecule has 1 aliphatic rings. The SMILES string of the molecule is COc1ccc(Br)c(NC2CCCc3cccnc32)c1. The topological polar surface area (TPSA) is 34.1 Å². The molecule has 20 heavy (non-hydrogen) atoms. The minimum atomic E-state index is 0.267. The Labute approximate surface area is 127 Å². The molecule has 4 heteroatoms. The van der Waals surface area contributed by atoms with Crippen LogP contribution in [0.4, 0.5) is 5.69 Å². The summed E-state index contributed by atoms with van der Waals surface area (Å²) >= 11 is 3.59. The van der Waals surface area contributed by atoms with Gasteiger partial charge in [-0.1, -0.05) is 6.07 Å². The summed E-state index contributed by atoms with van der Waals surface area (Å²) in [7, 11) is 1.69. The van der Waals surface area contributed by atoms with Gasteiger partial charge in [0.2, 0.25) is 0 Å². The maximum Gasteiger partial charge on any atom is 0.121 e. The molecule has 3 rings (SSSR count). The molecule has 104 valence electrons. The van der Waals surface area contributed by atoms with E-state index in [4.69, 9.17) is 4.74 Å². The average molecular weight is 333 g/mol. The fourth-order valence-corrected chi connectivity index (χ4v) is 3.04. The zero-order valence-corrected chi connectivity index (χ0v) is 13.0. The Morgan fingerprint density at radius 1 is 1.35 bits per heavy atom. The van der Waals surface area contributed by atoms with Crippen LogP contribution in [0.3, 0.4) is 0 Å². The van der Waals surface area contributed by atoms with E-state index >= 15 is 0 Å². The lowest BCUT2D eigenvalue weighted by Crippen LogP contribution is -2.19. The summed E-state index contributed by atoms with van der Waals surface area (Å²) < 4.78 is 6.33. The van der Waals surface area contributed by atoms with Gasteiger partial charge in [0.05, 0.1) is 24.5 Å². The first-order valence-corrected chi connectivity index (χ1v) is 7.61. The van der Waals surface area contributed by atoms with Crippen molar-refractivity contribution < 1.29 is 4.74 Å². The van der Waals surface area contributed by atoms with Crippen molar-refractivity contribution in [2.75, 3.05) is 12.4 Å². The maximum absolute atomic E-state index is 5.29. The van der Waals surface area contributed by atoms with E-state index in [2.05, 4.69) is 32.3 Å². The molecule has 0 aliphatic heterocycles. The van der Waals surface area contributed by atoms with E-state index in [1.165, 1.54) is 17.7 Å². The summed E-state index contributed by atoms with van der Waals surface area (Å²) in [5.41, 5.74) is 3.58. The van der Waals surface area contributed by atoms with Gasteiger partial charge >= 0.3 is 0 Å². The molecular formula is C16H17BrN2O. The first-order valence-electron chi connectivity index (χ1n) is 6.82. The number of nitrogens with zero attached hydrogens (tertiary/aromatic N) is 1. The highest BCUT2D eigenvalue weighted by Crippen LogP contribution is 2.34. The number of pyridine rings is 1. The van der Waals surface area contributed by atoms with E-state index in [0.717, 1.165) is 28.8 Å². The van der Waals surface area contributed by atoms with Crippen LogP contribution in [0.2, 0.25) is 0 Å². The Bertz CT molecular complexity index is 615.